The van der Waals surface area contributed by atoms with Gasteiger partial charge in [0.1, 0.15) is 5.75 Å². The van der Waals surface area contributed by atoms with Crippen LogP contribution in [0.4, 0.5) is 17.1 Å². The Labute approximate surface area is 120 Å². The van der Waals surface area contributed by atoms with Crippen molar-refractivity contribution in [3.63, 3.8) is 0 Å². The maximum absolute atomic E-state index is 5.21. The van der Waals surface area contributed by atoms with Crippen molar-refractivity contribution in [3.05, 3.63) is 42.2 Å². The van der Waals surface area contributed by atoms with Crippen molar-refractivity contribution >= 4 is 17.1 Å². The van der Waals surface area contributed by atoms with Gasteiger partial charge in [0.25, 0.3) is 0 Å². The second-order valence-corrected chi connectivity index (χ2v) is 4.69. The summed E-state index contributed by atoms with van der Waals surface area (Å²) in [7, 11) is 1.68. The molecule has 2 N–H and O–H groups in total. The van der Waals surface area contributed by atoms with E-state index in [9.17, 15) is 0 Å². The van der Waals surface area contributed by atoms with Crippen molar-refractivity contribution in [2.75, 3.05) is 24.3 Å². The first-order valence-electron chi connectivity index (χ1n) is 6.83. The molecular formula is C16H21N3O. The second kappa shape index (κ2) is 6.80. The molecule has 0 aliphatic heterocycles. The van der Waals surface area contributed by atoms with Crippen LogP contribution in [-0.2, 0) is 0 Å². The highest BCUT2D eigenvalue weighted by atomic mass is 16.5. The average Bonchev–Trinajstić information content (AvgIpc) is 2.47. The van der Waals surface area contributed by atoms with Crippen LogP contribution >= 0.6 is 0 Å². The van der Waals surface area contributed by atoms with Crippen LogP contribution in [-0.4, -0.2) is 18.6 Å². The lowest BCUT2D eigenvalue weighted by Crippen LogP contribution is -2.01. The second-order valence-electron chi connectivity index (χ2n) is 4.69. The first-order valence-corrected chi connectivity index (χ1v) is 6.83. The van der Waals surface area contributed by atoms with Gasteiger partial charge in [-0.3, -0.25) is 4.98 Å². The van der Waals surface area contributed by atoms with Gasteiger partial charge >= 0.3 is 0 Å². The van der Waals surface area contributed by atoms with E-state index < -0.39 is 0 Å². The number of benzene rings is 1. The van der Waals surface area contributed by atoms with Gasteiger partial charge in [0.05, 0.1) is 30.9 Å². The molecule has 0 saturated carbocycles. The minimum Gasteiger partial charge on any atom is -0.497 e. The van der Waals surface area contributed by atoms with Crippen LogP contribution < -0.4 is 15.4 Å². The summed E-state index contributed by atoms with van der Waals surface area (Å²) in [5.41, 5.74) is 4.19. The van der Waals surface area contributed by atoms with E-state index in [1.807, 2.05) is 30.6 Å². The number of ether oxygens (including phenoxy) is 1. The molecule has 1 aromatic carbocycles. The van der Waals surface area contributed by atoms with Gasteiger partial charge in [-0.1, -0.05) is 6.92 Å². The number of pyridine rings is 1. The highest BCUT2D eigenvalue weighted by Gasteiger charge is 2.02. The van der Waals surface area contributed by atoms with Crippen molar-refractivity contribution in [3.8, 4) is 5.75 Å². The van der Waals surface area contributed by atoms with Gasteiger partial charge in [-0.15, -0.1) is 0 Å². The number of aryl methyl sites for hydroxylation is 1. The summed E-state index contributed by atoms with van der Waals surface area (Å²) >= 11 is 0. The average molecular weight is 271 g/mol. The Bertz CT molecular complexity index is 569. The Morgan fingerprint density at radius 3 is 2.65 bits per heavy atom. The van der Waals surface area contributed by atoms with E-state index in [1.54, 1.807) is 7.11 Å². The fraction of sp³-hybridized carbons (Fsp3) is 0.312. The van der Waals surface area contributed by atoms with Crippen molar-refractivity contribution in [2.45, 2.75) is 20.3 Å². The minimum atomic E-state index is 0.865. The Morgan fingerprint density at radius 2 is 1.95 bits per heavy atom. The van der Waals surface area contributed by atoms with Gasteiger partial charge < -0.3 is 15.4 Å². The number of hydrogen-bond acceptors (Lipinski definition) is 4. The Balaban J connectivity index is 2.13. The molecule has 4 nitrogen and oxygen atoms in total. The highest BCUT2D eigenvalue weighted by molar-refractivity contribution is 5.66. The minimum absolute atomic E-state index is 0.865. The van der Waals surface area contributed by atoms with Crippen molar-refractivity contribution in [1.82, 2.24) is 4.98 Å². The zero-order valence-corrected chi connectivity index (χ0v) is 12.2. The molecule has 4 heteroatoms. The lowest BCUT2D eigenvalue weighted by atomic mass is 10.2. The lowest BCUT2D eigenvalue weighted by molar-refractivity contribution is 0.414. The number of anilines is 3. The third-order valence-corrected chi connectivity index (χ3v) is 3.03. The monoisotopic (exact) mass is 271 g/mol. The fourth-order valence-electron chi connectivity index (χ4n) is 1.93. The summed E-state index contributed by atoms with van der Waals surface area (Å²) in [6.07, 6.45) is 4.75. The molecule has 0 atom stereocenters. The van der Waals surface area contributed by atoms with Crippen LogP contribution in [0.25, 0.3) is 0 Å². The number of methoxy groups -OCH3 is 1. The van der Waals surface area contributed by atoms with E-state index in [1.165, 1.54) is 0 Å². The number of nitrogens with one attached hydrogen (secondary N) is 2. The highest BCUT2D eigenvalue weighted by Crippen LogP contribution is 2.25. The van der Waals surface area contributed by atoms with E-state index in [0.29, 0.717) is 0 Å². The normalized spacial score (nSPS) is 10.2. The molecule has 0 aliphatic carbocycles. The van der Waals surface area contributed by atoms with Crippen LogP contribution in [0.3, 0.4) is 0 Å². The van der Waals surface area contributed by atoms with Crippen molar-refractivity contribution in [2.24, 2.45) is 0 Å². The van der Waals surface area contributed by atoms with Crippen LogP contribution in [0, 0.1) is 6.92 Å². The lowest BCUT2D eigenvalue weighted by Gasteiger charge is -2.12. The Morgan fingerprint density at radius 1 is 1.15 bits per heavy atom. The van der Waals surface area contributed by atoms with Crippen LogP contribution in [0.5, 0.6) is 5.75 Å². The molecule has 2 aromatic rings. The Kier molecular flexibility index (Phi) is 4.82. The third-order valence-electron chi connectivity index (χ3n) is 3.03. The van der Waals surface area contributed by atoms with E-state index in [-0.39, 0.29) is 0 Å². The topological polar surface area (TPSA) is 46.2 Å². The predicted octanol–water partition coefficient (Wildman–Crippen LogP) is 3.96. The molecule has 0 saturated heterocycles. The summed E-state index contributed by atoms with van der Waals surface area (Å²) in [5, 5.41) is 6.71. The molecular weight excluding hydrogens is 250 g/mol. The molecule has 0 fully saturated rings. The maximum Gasteiger partial charge on any atom is 0.119 e. The molecule has 0 spiro atoms. The summed E-state index contributed by atoms with van der Waals surface area (Å²) in [5.74, 6) is 0.865. The van der Waals surface area contributed by atoms with Crippen LogP contribution in [0.1, 0.15) is 18.9 Å². The molecule has 1 heterocycles. The molecule has 0 unspecified atom stereocenters. The van der Waals surface area contributed by atoms with E-state index in [4.69, 9.17) is 4.74 Å². The molecule has 20 heavy (non-hydrogen) atoms. The summed E-state index contributed by atoms with van der Waals surface area (Å²) in [6.45, 7) is 5.15. The van der Waals surface area contributed by atoms with Gasteiger partial charge in [-0.05, 0) is 43.2 Å². The third kappa shape index (κ3) is 3.63. The molecule has 1 aromatic heterocycles. The summed E-state index contributed by atoms with van der Waals surface area (Å²) in [6, 6.07) is 8.03. The van der Waals surface area contributed by atoms with Crippen LogP contribution in [0.15, 0.2) is 36.7 Å². The fourth-order valence-corrected chi connectivity index (χ4v) is 1.93. The van der Waals surface area contributed by atoms with Crippen molar-refractivity contribution in [1.29, 1.82) is 0 Å². The SMILES string of the molecule is CCCNc1cncc(Nc2ccc(OC)cc2C)c1. The van der Waals surface area contributed by atoms with Crippen LogP contribution in [0.2, 0.25) is 0 Å². The van der Waals surface area contributed by atoms with Gasteiger partial charge in [0.15, 0.2) is 0 Å². The predicted molar refractivity (Wildman–Crippen MR) is 84.0 cm³/mol. The smallest absolute Gasteiger partial charge is 0.119 e. The van der Waals surface area contributed by atoms with Crippen molar-refractivity contribution < 1.29 is 4.74 Å². The van der Waals surface area contributed by atoms with E-state index >= 15 is 0 Å². The van der Waals surface area contributed by atoms with E-state index in [0.717, 1.165) is 41.3 Å². The first-order chi connectivity index (χ1) is 9.72. The van der Waals surface area contributed by atoms with Gasteiger partial charge in [-0.2, -0.15) is 0 Å². The number of rotatable bonds is 6. The largest absolute Gasteiger partial charge is 0.497 e. The molecule has 0 aliphatic rings. The van der Waals surface area contributed by atoms with Gasteiger partial charge in [0, 0.05) is 12.2 Å². The summed E-state index contributed by atoms with van der Waals surface area (Å²) < 4.78 is 5.21. The zero-order chi connectivity index (χ0) is 14.4. The number of hydrogen-bond donors (Lipinski definition) is 2. The Hall–Kier alpha value is -2.23. The standard InChI is InChI=1S/C16H21N3O/c1-4-7-18-13-9-14(11-17-10-13)19-16-6-5-15(20-3)8-12(16)2/h5-6,8-11,18-19H,4,7H2,1-3H3. The summed E-state index contributed by atoms with van der Waals surface area (Å²) in [4.78, 5) is 4.25. The quantitative estimate of drug-likeness (QED) is 0.834. The maximum atomic E-state index is 5.21. The number of nitrogens with zero attached hydrogens (tertiary/aromatic N) is 1. The zero-order valence-electron chi connectivity index (χ0n) is 12.2. The molecule has 0 amide bonds. The molecule has 2 rings (SSSR count). The molecule has 106 valence electrons. The van der Waals surface area contributed by atoms with Gasteiger partial charge in [-0.25, -0.2) is 0 Å². The molecule has 0 radical (unpaired) electrons. The van der Waals surface area contributed by atoms with Gasteiger partial charge in [0.2, 0.25) is 0 Å². The first kappa shape index (κ1) is 14.2. The van der Waals surface area contributed by atoms with E-state index in [2.05, 4.69) is 35.5 Å². The molecule has 0 bridgehead atoms. The number of aromatic nitrogens is 1.